The van der Waals surface area contributed by atoms with Crippen LogP contribution in [0.4, 0.5) is 5.69 Å². The van der Waals surface area contributed by atoms with E-state index < -0.39 is 0 Å². The summed E-state index contributed by atoms with van der Waals surface area (Å²) >= 11 is 4.54. The average Bonchev–Trinajstić information content (AvgIpc) is 2.31. The molecule has 1 nitrogen and oxygen atoms in total. The quantitative estimate of drug-likeness (QED) is 0.689. The summed E-state index contributed by atoms with van der Waals surface area (Å²) in [5.41, 5.74) is 1.28. The molecule has 0 saturated heterocycles. The molecule has 0 aliphatic carbocycles. The van der Waals surface area contributed by atoms with Crippen molar-refractivity contribution in [1.82, 2.24) is 0 Å². The minimum absolute atomic E-state index is 1.09. The molecular formula is C14H23NS. The molecule has 1 aromatic carbocycles. The van der Waals surface area contributed by atoms with Crippen molar-refractivity contribution in [2.24, 2.45) is 0 Å². The Morgan fingerprint density at radius 2 is 1.56 bits per heavy atom. The Kier molecular flexibility index (Phi) is 6.39. The molecule has 90 valence electrons. The highest BCUT2D eigenvalue weighted by Gasteiger charge is 2.07. The van der Waals surface area contributed by atoms with E-state index in [9.17, 15) is 0 Å². The third-order valence-electron chi connectivity index (χ3n) is 2.79. The van der Waals surface area contributed by atoms with Gasteiger partial charge in [-0.3, -0.25) is 0 Å². The van der Waals surface area contributed by atoms with Crippen molar-refractivity contribution in [3.05, 3.63) is 24.3 Å². The fraction of sp³-hybridized carbons (Fsp3) is 0.571. The molecule has 0 heterocycles. The van der Waals surface area contributed by atoms with E-state index in [1.807, 2.05) is 6.07 Å². The highest BCUT2D eigenvalue weighted by molar-refractivity contribution is 7.80. The van der Waals surface area contributed by atoms with Gasteiger partial charge in [0.25, 0.3) is 0 Å². The number of anilines is 1. The number of rotatable bonds is 7. The second-order valence-electron chi connectivity index (χ2n) is 4.18. The van der Waals surface area contributed by atoms with E-state index in [-0.39, 0.29) is 0 Å². The Labute approximate surface area is 105 Å². The molecule has 0 fully saturated rings. The van der Waals surface area contributed by atoms with Crippen molar-refractivity contribution in [2.75, 3.05) is 18.0 Å². The summed E-state index contributed by atoms with van der Waals surface area (Å²) < 4.78 is 0. The summed E-state index contributed by atoms with van der Waals surface area (Å²) in [6, 6.07) is 8.39. The van der Waals surface area contributed by atoms with Gasteiger partial charge in [-0.05, 0) is 25.0 Å². The van der Waals surface area contributed by atoms with E-state index in [0.29, 0.717) is 0 Å². The largest absolute Gasteiger partial charge is 0.371 e. The lowest BCUT2D eigenvalue weighted by molar-refractivity contribution is 0.674. The molecule has 0 aliphatic heterocycles. The number of unbranched alkanes of at least 4 members (excludes halogenated alkanes) is 2. The molecule has 0 atom stereocenters. The van der Waals surface area contributed by atoms with Crippen molar-refractivity contribution in [3.8, 4) is 0 Å². The Morgan fingerprint density at radius 1 is 1.00 bits per heavy atom. The van der Waals surface area contributed by atoms with Gasteiger partial charge in [0, 0.05) is 18.0 Å². The van der Waals surface area contributed by atoms with Crippen LogP contribution in [0.25, 0.3) is 0 Å². The van der Waals surface area contributed by atoms with Crippen LogP contribution in [0.5, 0.6) is 0 Å². The van der Waals surface area contributed by atoms with E-state index in [2.05, 4.69) is 49.6 Å². The van der Waals surface area contributed by atoms with E-state index in [1.165, 1.54) is 31.4 Å². The fourth-order valence-electron chi connectivity index (χ4n) is 1.78. The van der Waals surface area contributed by atoms with Crippen molar-refractivity contribution in [1.29, 1.82) is 0 Å². The van der Waals surface area contributed by atoms with Crippen molar-refractivity contribution in [2.45, 2.75) is 44.4 Å². The van der Waals surface area contributed by atoms with E-state index in [0.717, 1.165) is 18.0 Å². The van der Waals surface area contributed by atoms with Crippen molar-refractivity contribution in [3.63, 3.8) is 0 Å². The van der Waals surface area contributed by atoms with Crippen LogP contribution in [0.15, 0.2) is 29.2 Å². The highest BCUT2D eigenvalue weighted by atomic mass is 32.1. The molecule has 0 radical (unpaired) electrons. The first-order chi connectivity index (χ1) is 7.79. The van der Waals surface area contributed by atoms with Gasteiger partial charge in [0.05, 0.1) is 5.69 Å². The predicted molar refractivity (Wildman–Crippen MR) is 75.7 cm³/mol. The van der Waals surface area contributed by atoms with Crippen LogP contribution in [-0.4, -0.2) is 13.1 Å². The van der Waals surface area contributed by atoms with Crippen LogP contribution in [0.3, 0.4) is 0 Å². The Morgan fingerprint density at radius 3 is 2.06 bits per heavy atom. The fourth-order valence-corrected chi connectivity index (χ4v) is 2.08. The first kappa shape index (κ1) is 13.4. The molecule has 0 aliphatic rings. The number of thiol groups is 1. The van der Waals surface area contributed by atoms with Gasteiger partial charge in [-0.2, -0.15) is 0 Å². The normalized spacial score (nSPS) is 10.4. The molecule has 0 amide bonds. The highest BCUT2D eigenvalue weighted by Crippen LogP contribution is 2.24. The van der Waals surface area contributed by atoms with Crippen LogP contribution in [0.2, 0.25) is 0 Å². The van der Waals surface area contributed by atoms with E-state index >= 15 is 0 Å². The van der Waals surface area contributed by atoms with Gasteiger partial charge < -0.3 is 4.90 Å². The minimum Gasteiger partial charge on any atom is -0.371 e. The molecule has 2 heteroatoms. The standard InChI is InChI=1S/C14H23NS/c1-3-5-11-15(12-6-4-2)13-9-7-8-10-14(13)16/h7-10,16H,3-6,11-12H2,1-2H3. The molecule has 1 rings (SSSR count). The van der Waals surface area contributed by atoms with Gasteiger partial charge >= 0.3 is 0 Å². The first-order valence-electron chi connectivity index (χ1n) is 6.32. The smallest absolute Gasteiger partial charge is 0.0501 e. The van der Waals surface area contributed by atoms with Crippen molar-refractivity contribution >= 4 is 18.3 Å². The summed E-state index contributed by atoms with van der Waals surface area (Å²) in [7, 11) is 0. The monoisotopic (exact) mass is 237 g/mol. The molecular weight excluding hydrogens is 214 g/mol. The maximum atomic E-state index is 4.54. The maximum absolute atomic E-state index is 4.54. The number of hydrogen-bond acceptors (Lipinski definition) is 2. The lowest BCUT2D eigenvalue weighted by Crippen LogP contribution is -2.25. The van der Waals surface area contributed by atoms with Gasteiger partial charge in [0.1, 0.15) is 0 Å². The van der Waals surface area contributed by atoms with Gasteiger partial charge in [-0.25, -0.2) is 0 Å². The zero-order valence-electron chi connectivity index (χ0n) is 10.4. The predicted octanol–water partition coefficient (Wildman–Crippen LogP) is 4.38. The molecule has 16 heavy (non-hydrogen) atoms. The van der Waals surface area contributed by atoms with Crippen molar-refractivity contribution < 1.29 is 0 Å². The summed E-state index contributed by atoms with van der Waals surface area (Å²) in [5, 5.41) is 0. The van der Waals surface area contributed by atoms with Crippen LogP contribution in [0, 0.1) is 0 Å². The summed E-state index contributed by atoms with van der Waals surface area (Å²) in [4.78, 5) is 3.56. The second-order valence-corrected chi connectivity index (χ2v) is 4.66. The van der Waals surface area contributed by atoms with Crippen LogP contribution in [0.1, 0.15) is 39.5 Å². The topological polar surface area (TPSA) is 3.24 Å². The number of para-hydroxylation sites is 1. The van der Waals surface area contributed by atoms with E-state index in [1.54, 1.807) is 0 Å². The summed E-state index contributed by atoms with van der Waals surface area (Å²) in [6.07, 6.45) is 5.01. The molecule has 0 saturated carbocycles. The Bertz CT molecular complexity index is 291. The second kappa shape index (κ2) is 7.61. The van der Waals surface area contributed by atoms with Crippen LogP contribution < -0.4 is 4.90 Å². The average molecular weight is 237 g/mol. The first-order valence-corrected chi connectivity index (χ1v) is 6.77. The van der Waals surface area contributed by atoms with Gasteiger partial charge in [0.2, 0.25) is 0 Å². The molecule has 0 spiro atoms. The van der Waals surface area contributed by atoms with Crippen LogP contribution >= 0.6 is 12.6 Å². The molecule has 0 unspecified atom stereocenters. The Hall–Kier alpha value is -0.630. The van der Waals surface area contributed by atoms with Gasteiger partial charge in [-0.1, -0.05) is 38.8 Å². The summed E-state index contributed by atoms with van der Waals surface area (Å²) in [5.74, 6) is 0. The zero-order valence-corrected chi connectivity index (χ0v) is 11.3. The number of nitrogens with zero attached hydrogens (tertiary/aromatic N) is 1. The number of benzene rings is 1. The van der Waals surface area contributed by atoms with Gasteiger partial charge in [0.15, 0.2) is 0 Å². The van der Waals surface area contributed by atoms with E-state index in [4.69, 9.17) is 0 Å². The molecule has 1 aromatic rings. The lowest BCUT2D eigenvalue weighted by Gasteiger charge is -2.25. The zero-order chi connectivity index (χ0) is 11.8. The minimum atomic E-state index is 1.09. The third kappa shape index (κ3) is 4.09. The Balaban J connectivity index is 2.70. The maximum Gasteiger partial charge on any atom is 0.0501 e. The number of hydrogen-bond donors (Lipinski definition) is 1. The van der Waals surface area contributed by atoms with Crippen LogP contribution in [-0.2, 0) is 0 Å². The molecule has 0 bridgehead atoms. The SMILES string of the molecule is CCCCN(CCCC)c1ccccc1S. The molecule has 0 aromatic heterocycles. The summed E-state index contributed by atoms with van der Waals surface area (Å²) in [6.45, 7) is 6.78. The molecule has 0 N–H and O–H groups in total. The lowest BCUT2D eigenvalue weighted by atomic mass is 10.2. The van der Waals surface area contributed by atoms with Gasteiger partial charge in [-0.15, -0.1) is 12.6 Å². The third-order valence-corrected chi connectivity index (χ3v) is 3.16.